The van der Waals surface area contributed by atoms with E-state index < -0.39 is 23.2 Å². The zero-order chi connectivity index (χ0) is 20.8. The van der Waals surface area contributed by atoms with Gasteiger partial charge in [-0.2, -0.15) is 0 Å². The SMILES string of the molecule is O=C(NCCC(O)C(O)c1cnc2[nH]cc([N+](=O)[O-])c2c1)OCc1ccccc1. The number of rotatable bonds is 8. The maximum Gasteiger partial charge on any atom is 0.407 e. The van der Waals surface area contributed by atoms with Gasteiger partial charge in [-0.25, -0.2) is 9.78 Å². The van der Waals surface area contributed by atoms with Crippen LogP contribution in [0, 0.1) is 10.1 Å². The summed E-state index contributed by atoms with van der Waals surface area (Å²) in [5.74, 6) is 0. The van der Waals surface area contributed by atoms with Crippen molar-refractivity contribution in [2.75, 3.05) is 6.54 Å². The van der Waals surface area contributed by atoms with Gasteiger partial charge in [0.15, 0.2) is 0 Å². The number of H-pyrrole nitrogens is 1. The third kappa shape index (κ3) is 5.06. The molecule has 2 atom stereocenters. The number of benzene rings is 1. The molecule has 29 heavy (non-hydrogen) atoms. The monoisotopic (exact) mass is 400 g/mol. The molecule has 1 amide bonds. The van der Waals surface area contributed by atoms with Crippen molar-refractivity contribution in [1.29, 1.82) is 0 Å². The van der Waals surface area contributed by atoms with Crippen LogP contribution in [-0.2, 0) is 11.3 Å². The average molecular weight is 400 g/mol. The molecule has 3 rings (SSSR count). The number of nitrogens with zero attached hydrogens (tertiary/aromatic N) is 2. The Bertz CT molecular complexity index is 991. The van der Waals surface area contributed by atoms with Crippen LogP contribution < -0.4 is 5.32 Å². The fourth-order valence-electron chi connectivity index (χ4n) is 2.79. The number of amides is 1. The first kappa shape index (κ1) is 20.2. The van der Waals surface area contributed by atoms with E-state index in [9.17, 15) is 25.1 Å². The number of nitrogens with one attached hydrogen (secondary N) is 2. The number of aliphatic hydroxyl groups excluding tert-OH is 2. The molecular formula is C19H20N4O6. The van der Waals surface area contributed by atoms with Gasteiger partial charge in [-0.3, -0.25) is 10.1 Å². The summed E-state index contributed by atoms with van der Waals surface area (Å²) in [6, 6.07) is 10.6. The highest BCUT2D eigenvalue weighted by Gasteiger charge is 2.22. The van der Waals surface area contributed by atoms with Gasteiger partial charge in [-0.1, -0.05) is 30.3 Å². The van der Waals surface area contributed by atoms with Crippen molar-refractivity contribution >= 4 is 22.8 Å². The Morgan fingerprint density at radius 2 is 2.07 bits per heavy atom. The number of hydrogen-bond donors (Lipinski definition) is 4. The molecule has 10 nitrogen and oxygen atoms in total. The second-order valence-corrected chi connectivity index (χ2v) is 6.39. The molecule has 3 aromatic rings. The Kier molecular flexibility index (Phi) is 6.37. The topological polar surface area (TPSA) is 151 Å². The van der Waals surface area contributed by atoms with Crippen molar-refractivity contribution in [3.05, 3.63) is 70.0 Å². The van der Waals surface area contributed by atoms with Crippen LogP contribution in [0.3, 0.4) is 0 Å². The van der Waals surface area contributed by atoms with Crippen molar-refractivity contribution in [2.24, 2.45) is 0 Å². The minimum atomic E-state index is -1.32. The lowest BCUT2D eigenvalue weighted by Crippen LogP contribution is -2.29. The maximum absolute atomic E-state index is 11.7. The van der Waals surface area contributed by atoms with Crippen LogP contribution in [-0.4, -0.2) is 43.8 Å². The van der Waals surface area contributed by atoms with E-state index in [1.165, 1.54) is 18.5 Å². The third-order valence-corrected chi connectivity index (χ3v) is 4.36. The number of aliphatic hydroxyl groups is 2. The van der Waals surface area contributed by atoms with Gasteiger partial charge in [0.05, 0.1) is 22.6 Å². The van der Waals surface area contributed by atoms with E-state index in [0.29, 0.717) is 5.65 Å². The molecule has 0 radical (unpaired) electrons. The number of aromatic amines is 1. The smallest absolute Gasteiger partial charge is 0.407 e. The highest BCUT2D eigenvalue weighted by molar-refractivity contribution is 5.86. The van der Waals surface area contributed by atoms with E-state index in [2.05, 4.69) is 15.3 Å². The number of nitro groups is 1. The number of carbonyl (C=O) groups excluding carboxylic acids is 1. The third-order valence-electron chi connectivity index (χ3n) is 4.36. The molecule has 0 fully saturated rings. The van der Waals surface area contributed by atoms with E-state index in [1.807, 2.05) is 30.3 Å². The molecule has 0 aliphatic heterocycles. The summed E-state index contributed by atoms with van der Waals surface area (Å²) in [7, 11) is 0. The van der Waals surface area contributed by atoms with E-state index in [-0.39, 0.29) is 36.2 Å². The second-order valence-electron chi connectivity index (χ2n) is 6.39. The molecule has 152 valence electrons. The van der Waals surface area contributed by atoms with Gasteiger partial charge >= 0.3 is 6.09 Å². The van der Waals surface area contributed by atoms with Crippen LogP contribution in [0.2, 0.25) is 0 Å². The number of hydrogen-bond acceptors (Lipinski definition) is 7. The van der Waals surface area contributed by atoms with E-state index in [0.717, 1.165) is 5.56 Å². The summed E-state index contributed by atoms with van der Waals surface area (Å²) >= 11 is 0. The van der Waals surface area contributed by atoms with Crippen molar-refractivity contribution < 1.29 is 24.7 Å². The average Bonchev–Trinajstić information content (AvgIpc) is 3.16. The summed E-state index contributed by atoms with van der Waals surface area (Å²) in [6.07, 6.45) is -0.561. The van der Waals surface area contributed by atoms with Gasteiger partial charge in [0, 0.05) is 18.3 Å². The number of pyridine rings is 1. The first-order chi connectivity index (χ1) is 14.0. The van der Waals surface area contributed by atoms with Crippen LogP contribution >= 0.6 is 0 Å². The van der Waals surface area contributed by atoms with Crippen LogP contribution in [0.5, 0.6) is 0 Å². The number of fused-ring (bicyclic) bond motifs is 1. The Morgan fingerprint density at radius 3 is 2.79 bits per heavy atom. The van der Waals surface area contributed by atoms with Crippen molar-refractivity contribution in [1.82, 2.24) is 15.3 Å². The minimum Gasteiger partial charge on any atom is -0.445 e. The Morgan fingerprint density at radius 1 is 1.31 bits per heavy atom. The fraction of sp³-hybridized carbons (Fsp3) is 0.263. The van der Waals surface area contributed by atoms with Crippen molar-refractivity contribution in [2.45, 2.75) is 25.2 Å². The van der Waals surface area contributed by atoms with Crippen LogP contribution in [0.15, 0.2) is 48.8 Å². The lowest BCUT2D eigenvalue weighted by atomic mass is 10.0. The summed E-state index contributed by atoms with van der Waals surface area (Å²) in [5, 5.41) is 34.3. The van der Waals surface area contributed by atoms with Crippen LogP contribution in [0.25, 0.3) is 11.0 Å². The number of carbonyl (C=O) groups is 1. The minimum absolute atomic E-state index is 0.0505. The molecule has 0 bridgehead atoms. The summed E-state index contributed by atoms with van der Waals surface area (Å²) in [6.45, 7) is 0.199. The standard InChI is InChI=1S/C19H20N4O6/c24-16(6-7-20-19(26)29-11-12-4-2-1-3-5-12)17(25)13-8-14-15(23(27)28)10-22-18(14)21-9-13/h1-5,8-10,16-17,24-25H,6-7,11H2,(H,20,26)(H,21,22). The van der Waals surface area contributed by atoms with Gasteiger partial charge in [-0.05, 0) is 18.1 Å². The van der Waals surface area contributed by atoms with Gasteiger partial charge in [0.1, 0.15) is 18.4 Å². The molecule has 2 heterocycles. The van der Waals surface area contributed by atoms with Gasteiger partial charge in [0.25, 0.3) is 5.69 Å². The van der Waals surface area contributed by atoms with Crippen LogP contribution in [0.1, 0.15) is 23.7 Å². The summed E-state index contributed by atoms with van der Waals surface area (Å²) in [5.41, 5.74) is 1.23. The molecule has 0 aliphatic rings. The Hall–Kier alpha value is -3.50. The fourth-order valence-corrected chi connectivity index (χ4v) is 2.79. The molecule has 1 aromatic carbocycles. The highest BCUT2D eigenvalue weighted by Crippen LogP contribution is 2.27. The van der Waals surface area contributed by atoms with Crippen LogP contribution in [0.4, 0.5) is 10.5 Å². The zero-order valence-electron chi connectivity index (χ0n) is 15.3. The molecule has 0 saturated heterocycles. The quantitative estimate of drug-likeness (QED) is 0.334. The predicted molar refractivity (Wildman–Crippen MR) is 103 cm³/mol. The second kappa shape index (κ2) is 9.13. The van der Waals surface area contributed by atoms with Crippen molar-refractivity contribution in [3.63, 3.8) is 0 Å². The largest absolute Gasteiger partial charge is 0.445 e. The summed E-state index contributed by atoms with van der Waals surface area (Å²) in [4.78, 5) is 28.9. The lowest BCUT2D eigenvalue weighted by Gasteiger charge is -2.18. The molecule has 0 saturated carbocycles. The molecule has 2 aromatic heterocycles. The van der Waals surface area contributed by atoms with Gasteiger partial charge in [-0.15, -0.1) is 0 Å². The highest BCUT2D eigenvalue weighted by atomic mass is 16.6. The van der Waals surface area contributed by atoms with Gasteiger partial charge < -0.3 is 25.3 Å². The Balaban J connectivity index is 1.50. The molecule has 0 spiro atoms. The molecule has 0 aliphatic carbocycles. The number of alkyl carbamates (subject to hydrolysis) is 1. The zero-order valence-corrected chi connectivity index (χ0v) is 15.3. The van der Waals surface area contributed by atoms with E-state index >= 15 is 0 Å². The molecular weight excluding hydrogens is 380 g/mol. The maximum atomic E-state index is 11.7. The van der Waals surface area contributed by atoms with Gasteiger partial charge in [0.2, 0.25) is 0 Å². The van der Waals surface area contributed by atoms with Crippen molar-refractivity contribution in [3.8, 4) is 0 Å². The first-order valence-electron chi connectivity index (χ1n) is 8.88. The normalized spacial score (nSPS) is 13.0. The molecule has 4 N–H and O–H groups in total. The molecule has 10 heteroatoms. The first-order valence-corrected chi connectivity index (χ1v) is 8.88. The Labute approximate surface area is 165 Å². The lowest BCUT2D eigenvalue weighted by molar-refractivity contribution is -0.383. The predicted octanol–water partition coefficient (Wildman–Crippen LogP) is 2.18. The van der Waals surface area contributed by atoms with E-state index in [1.54, 1.807) is 0 Å². The van der Waals surface area contributed by atoms with E-state index in [4.69, 9.17) is 4.74 Å². The molecule has 2 unspecified atom stereocenters. The number of aromatic nitrogens is 2. The number of ether oxygens (including phenoxy) is 1. The summed E-state index contributed by atoms with van der Waals surface area (Å²) < 4.78 is 5.06.